The van der Waals surface area contributed by atoms with Crippen molar-refractivity contribution in [1.82, 2.24) is 5.43 Å². The molecular formula is C24H21BrClN3O3. The van der Waals surface area contributed by atoms with Gasteiger partial charge in [-0.25, -0.2) is 5.43 Å². The lowest BCUT2D eigenvalue weighted by molar-refractivity contribution is -0.118. The second kappa shape index (κ2) is 10.9. The SMILES string of the molecule is Cc1cccc(NC(=O)COc2ccc(Br)cc2/C=N/NC(=O)c2ccc(Cl)cc2)c1C. The van der Waals surface area contributed by atoms with Crippen molar-refractivity contribution in [2.45, 2.75) is 13.8 Å². The number of hydrazone groups is 1. The zero-order valence-electron chi connectivity index (χ0n) is 17.5. The van der Waals surface area contributed by atoms with Gasteiger partial charge in [-0.2, -0.15) is 5.10 Å². The molecule has 0 aliphatic heterocycles. The molecule has 0 fully saturated rings. The fourth-order valence-electron chi connectivity index (χ4n) is 2.79. The Morgan fingerprint density at radius 1 is 1.09 bits per heavy atom. The Morgan fingerprint density at radius 3 is 2.59 bits per heavy atom. The van der Waals surface area contributed by atoms with Gasteiger partial charge in [0.1, 0.15) is 5.75 Å². The number of benzene rings is 3. The maximum absolute atomic E-state index is 12.4. The second-order valence-electron chi connectivity index (χ2n) is 6.97. The number of nitrogens with zero attached hydrogens (tertiary/aromatic N) is 1. The molecule has 0 unspecified atom stereocenters. The first-order chi connectivity index (χ1) is 15.3. The van der Waals surface area contributed by atoms with E-state index in [0.717, 1.165) is 21.3 Å². The molecular weight excluding hydrogens is 494 g/mol. The van der Waals surface area contributed by atoms with Crippen LogP contribution in [0.5, 0.6) is 5.75 Å². The van der Waals surface area contributed by atoms with Crippen LogP contribution in [0, 0.1) is 13.8 Å². The predicted octanol–water partition coefficient (Wildman–Crippen LogP) is 5.50. The molecule has 0 saturated heterocycles. The molecule has 3 aromatic carbocycles. The number of carbonyl (C=O) groups is 2. The van der Waals surface area contributed by atoms with Crippen LogP contribution in [0.4, 0.5) is 5.69 Å². The zero-order valence-corrected chi connectivity index (χ0v) is 19.8. The molecule has 0 atom stereocenters. The van der Waals surface area contributed by atoms with Crippen molar-refractivity contribution in [3.8, 4) is 5.75 Å². The minimum atomic E-state index is -0.372. The summed E-state index contributed by atoms with van der Waals surface area (Å²) >= 11 is 9.24. The summed E-state index contributed by atoms with van der Waals surface area (Å²) in [5, 5.41) is 7.40. The number of ether oxygens (including phenoxy) is 1. The summed E-state index contributed by atoms with van der Waals surface area (Å²) < 4.78 is 6.50. The smallest absolute Gasteiger partial charge is 0.271 e. The Balaban J connectivity index is 1.63. The van der Waals surface area contributed by atoms with Gasteiger partial charge in [-0.05, 0) is 73.5 Å². The Bertz CT molecular complexity index is 1160. The minimum Gasteiger partial charge on any atom is -0.483 e. The average molecular weight is 515 g/mol. The maximum Gasteiger partial charge on any atom is 0.271 e. The van der Waals surface area contributed by atoms with Gasteiger partial charge >= 0.3 is 0 Å². The van der Waals surface area contributed by atoms with Gasteiger partial charge in [0.05, 0.1) is 6.21 Å². The number of amides is 2. The van der Waals surface area contributed by atoms with E-state index in [4.69, 9.17) is 16.3 Å². The number of aryl methyl sites for hydroxylation is 1. The third-order valence-corrected chi connectivity index (χ3v) is 5.43. The van der Waals surface area contributed by atoms with E-state index in [1.165, 1.54) is 6.21 Å². The van der Waals surface area contributed by atoms with E-state index in [0.29, 0.717) is 21.9 Å². The monoisotopic (exact) mass is 513 g/mol. The first-order valence-corrected chi connectivity index (χ1v) is 10.9. The van der Waals surface area contributed by atoms with Crippen molar-refractivity contribution < 1.29 is 14.3 Å². The topological polar surface area (TPSA) is 79.8 Å². The Morgan fingerprint density at radius 2 is 1.84 bits per heavy atom. The van der Waals surface area contributed by atoms with E-state index < -0.39 is 0 Å². The maximum atomic E-state index is 12.4. The average Bonchev–Trinajstić information content (AvgIpc) is 2.77. The highest BCUT2D eigenvalue weighted by Gasteiger charge is 2.10. The quantitative estimate of drug-likeness (QED) is 0.323. The highest BCUT2D eigenvalue weighted by Crippen LogP contribution is 2.22. The first-order valence-electron chi connectivity index (χ1n) is 9.71. The summed E-state index contributed by atoms with van der Waals surface area (Å²) in [5.74, 6) is -0.197. The van der Waals surface area contributed by atoms with E-state index in [-0.39, 0.29) is 18.4 Å². The van der Waals surface area contributed by atoms with Crippen molar-refractivity contribution in [3.05, 3.63) is 92.4 Å². The summed E-state index contributed by atoms with van der Waals surface area (Å²) in [7, 11) is 0. The molecule has 8 heteroatoms. The molecule has 0 saturated carbocycles. The summed E-state index contributed by atoms with van der Waals surface area (Å²) in [6.45, 7) is 3.76. The van der Waals surface area contributed by atoms with E-state index in [9.17, 15) is 9.59 Å². The van der Waals surface area contributed by atoms with Crippen molar-refractivity contribution in [3.63, 3.8) is 0 Å². The van der Waals surface area contributed by atoms with Crippen LogP contribution in [0.2, 0.25) is 5.02 Å². The van der Waals surface area contributed by atoms with E-state index in [2.05, 4.69) is 31.8 Å². The van der Waals surface area contributed by atoms with Gasteiger partial charge in [0, 0.05) is 26.3 Å². The summed E-state index contributed by atoms with van der Waals surface area (Å²) in [5.41, 5.74) is 6.34. The summed E-state index contributed by atoms with van der Waals surface area (Å²) in [6, 6.07) is 17.5. The molecule has 0 aliphatic rings. The van der Waals surface area contributed by atoms with Crippen LogP contribution in [-0.2, 0) is 4.79 Å². The highest BCUT2D eigenvalue weighted by molar-refractivity contribution is 9.10. The fraction of sp³-hybridized carbons (Fsp3) is 0.125. The lowest BCUT2D eigenvalue weighted by Crippen LogP contribution is -2.21. The molecule has 164 valence electrons. The highest BCUT2D eigenvalue weighted by atomic mass is 79.9. The number of anilines is 1. The number of hydrogen-bond acceptors (Lipinski definition) is 4. The van der Waals surface area contributed by atoms with Crippen LogP contribution < -0.4 is 15.5 Å². The number of carbonyl (C=O) groups excluding carboxylic acids is 2. The molecule has 0 spiro atoms. The molecule has 32 heavy (non-hydrogen) atoms. The first kappa shape index (κ1) is 23.5. The van der Waals surface area contributed by atoms with Crippen molar-refractivity contribution >= 4 is 51.2 Å². The minimum absolute atomic E-state index is 0.174. The summed E-state index contributed by atoms with van der Waals surface area (Å²) in [6.07, 6.45) is 1.45. The lowest BCUT2D eigenvalue weighted by Gasteiger charge is -2.12. The normalized spacial score (nSPS) is 10.8. The largest absolute Gasteiger partial charge is 0.483 e. The molecule has 2 amide bonds. The molecule has 0 bridgehead atoms. The molecule has 0 radical (unpaired) electrons. The molecule has 2 N–H and O–H groups in total. The van der Waals surface area contributed by atoms with Gasteiger partial charge in [-0.1, -0.05) is 39.7 Å². The Labute approximate surface area is 199 Å². The molecule has 0 aliphatic carbocycles. The Kier molecular flexibility index (Phi) is 8.03. The molecule has 0 heterocycles. The van der Waals surface area contributed by atoms with Gasteiger partial charge in [0.2, 0.25) is 0 Å². The van der Waals surface area contributed by atoms with Crippen LogP contribution in [0.3, 0.4) is 0 Å². The van der Waals surface area contributed by atoms with Crippen molar-refractivity contribution in [2.24, 2.45) is 5.10 Å². The van der Waals surface area contributed by atoms with Gasteiger partial charge in [0.15, 0.2) is 6.61 Å². The zero-order chi connectivity index (χ0) is 23.1. The Hall–Kier alpha value is -3.16. The van der Waals surface area contributed by atoms with Crippen molar-refractivity contribution in [1.29, 1.82) is 0 Å². The third-order valence-electron chi connectivity index (χ3n) is 4.69. The molecule has 0 aromatic heterocycles. The van der Waals surface area contributed by atoms with Crippen molar-refractivity contribution in [2.75, 3.05) is 11.9 Å². The fourth-order valence-corrected chi connectivity index (χ4v) is 3.30. The van der Waals surface area contributed by atoms with Crippen LogP contribution in [0.25, 0.3) is 0 Å². The van der Waals surface area contributed by atoms with Gasteiger partial charge in [-0.3, -0.25) is 9.59 Å². The third kappa shape index (κ3) is 6.42. The van der Waals surface area contributed by atoms with Gasteiger partial charge in [-0.15, -0.1) is 0 Å². The molecule has 3 aromatic rings. The summed E-state index contributed by atoms with van der Waals surface area (Å²) in [4.78, 5) is 24.5. The standard InChI is InChI=1S/C24H21BrClN3O3/c1-15-4-3-5-21(16(15)2)28-23(30)14-32-22-11-8-19(25)12-18(22)13-27-29-24(31)17-6-9-20(26)10-7-17/h3-13H,14H2,1-2H3,(H,28,30)(H,29,31)/b27-13+. The van der Waals surface area contributed by atoms with Crippen LogP contribution in [-0.4, -0.2) is 24.6 Å². The van der Waals surface area contributed by atoms with E-state index >= 15 is 0 Å². The number of rotatable bonds is 7. The van der Waals surface area contributed by atoms with E-state index in [1.54, 1.807) is 42.5 Å². The lowest BCUT2D eigenvalue weighted by atomic mass is 10.1. The van der Waals surface area contributed by atoms with Crippen LogP contribution in [0.1, 0.15) is 27.0 Å². The predicted molar refractivity (Wildman–Crippen MR) is 131 cm³/mol. The number of halogens is 2. The van der Waals surface area contributed by atoms with Crippen LogP contribution in [0.15, 0.2) is 70.2 Å². The van der Waals surface area contributed by atoms with E-state index in [1.807, 2.05) is 32.0 Å². The number of nitrogens with one attached hydrogen (secondary N) is 2. The van der Waals surface area contributed by atoms with Crippen LogP contribution >= 0.6 is 27.5 Å². The van der Waals surface area contributed by atoms with Gasteiger partial charge in [0.25, 0.3) is 11.8 Å². The second-order valence-corrected chi connectivity index (χ2v) is 8.32. The molecule has 3 rings (SSSR count). The molecule has 6 nitrogen and oxygen atoms in total. The van der Waals surface area contributed by atoms with Gasteiger partial charge < -0.3 is 10.1 Å². The number of hydrogen-bond donors (Lipinski definition) is 2.